The molecule has 0 unspecified atom stereocenters. The Morgan fingerprint density at radius 2 is 1.93 bits per heavy atom. The Kier molecular flexibility index (Phi) is 2.35. The van der Waals surface area contributed by atoms with Crippen LogP contribution in [0.5, 0.6) is 0 Å². The maximum Gasteiger partial charge on any atom is 0.0989 e. The van der Waals surface area contributed by atoms with Crippen molar-refractivity contribution in [3.63, 3.8) is 0 Å². The van der Waals surface area contributed by atoms with Crippen LogP contribution in [0.25, 0.3) is 10.8 Å². The van der Waals surface area contributed by atoms with Gasteiger partial charge in [-0.15, -0.1) is 11.3 Å². The van der Waals surface area contributed by atoms with E-state index in [0.717, 1.165) is 26.2 Å². The van der Waals surface area contributed by atoms with Crippen LogP contribution >= 0.6 is 11.3 Å². The smallest absolute Gasteiger partial charge is 0.0989 e. The van der Waals surface area contributed by atoms with E-state index in [1.54, 1.807) is 0 Å². The highest BCUT2D eigenvalue weighted by Gasteiger charge is 2.14. The summed E-state index contributed by atoms with van der Waals surface area (Å²) in [6.45, 7) is 4.47. The molecule has 1 aliphatic rings. The maximum absolute atomic E-state index is 3.39. The lowest BCUT2D eigenvalue weighted by Crippen LogP contribution is -2.43. The van der Waals surface area contributed by atoms with Crippen LogP contribution in [0.15, 0.2) is 29.6 Å². The molecule has 0 spiro atoms. The molecule has 0 bridgehead atoms. The number of nitrogens with one attached hydrogen (secondary N) is 1. The number of benzene rings is 1. The molecule has 78 valence electrons. The number of piperazine rings is 1. The minimum atomic E-state index is 1.10. The second kappa shape index (κ2) is 3.83. The zero-order valence-electron chi connectivity index (χ0n) is 8.57. The lowest BCUT2D eigenvalue weighted by Gasteiger charge is -2.28. The third-order valence-electron chi connectivity index (χ3n) is 2.89. The van der Waals surface area contributed by atoms with Crippen LogP contribution in [0.2, 0.25) is 0 Å². The average Bonchev–Trinajstić information content (AvgIpc) is 2.74. The highest BCUT2D eigenvalue weighted by molar-refractivity contribution is 7.16. The van der Waals surface area contributed by atoms with Crippen molar-refractivity contribution in [1.29, 1.82) is 0 Å². The Bertz CT molecular complexity index is 457. The summed E-state index contributed by atoms with van der Waals surface area (Å²) in [5.41, 5.74) is 0. The molecule has 1 fully saturated rings. The first-order valence-electron chi connectivity index (χ1n) is 5.37. The maximum atomic E-state index is 3.39. The Labute approximate surface area is 93.5 Å². The van der Waals surface area contributed by atoms with Crippen molar-refractivity contribution >= 4 is 27.1 Å². The van der Waals surface area contributed by atoms with Gasteiger partial charge in [0.1, 0.15) is 0 Å². The molecular weight excluding hydrogens is 204 g/mol. The second-order valence-corrected chi connectivity index (χ2v) is 4.72. The van der Waals surface area contributed by atoms with E-state index < -0.39 is 0 Å². The Balaban J connectivity index is 2.02. The quantitative estimate of drug-likeness (QED) is 0.790. The highest BCUT2D eigenvalue weighted by atomic mass is 32.1. The standard InChI is InChI=1S/C12H14N2S/c1-2-4-11-10(3-1)9-15-12(11)14-7-5-13-6-8-14/h1-4,9,13H,5-8H2. The Morgan fingerprint density at radius 3 is 2.80 bits per heavy atom. The van der Waals surface area contributed by atoms with Gasteiger partial charge in [0.25, 0.3) is 0 Å². The molecule has 2 aromatic rings. The van der Waals surface area contributed by atoms with Gasteiger partial charge in [-0.3, -0.25) is 0 Å². The van der Waals surface area contributed by atoms with Crippen molar-refractivity contribution in [2.24, 2.45) is 0 Å². The normalized spacial score (nSPS) is 17.2. The average molecular weight is 218 g/mol. The summed E-state index contributed by atoms with van der Waals surface area (Å²) in [6, 6.07) is 8.65. The predicted octanol–water partition coefficient (Wildman–Crippen LogP) is 2.31. The largest absolute Gasteiger partial charge is 0.360 e. The van der Waals surface area contributed by atoms with E-state index in [1.165, 1.54) is 15.8 Å². The Hall–Kier alpha value is -1.06. The van der Waals surface area contributed by atoms with Crippen molar-refractivity contribution in [3.05, 3.63) is 29.6 Å². The van der Waals surface area contributed by atoms with Crippen LogP contribution in [0, 0.1) is 0 Å². The molecule has 0 atom stereocenters. The van der Waals surface area contributed by atoms with Crippen LogP contribution in [-0.4, -0.2) is 26.2 Å². The van der Waals surface area contributed by atoms with E-state index in [9.17, 15) is 0 Å². The van der Waals surface area contributed by atoms with Crippen LogP contribution < -0.4 is 10.2 Å². The minimum Gasteiger partial charge on any atom is -0.360 e. The van der Waals surface area contributed by atoms with Gasteiger partial charge < -0.3 is 10.2 Å². The molecule has 1 aromatic heterocycles. The van der Waals surface area contributed by atoms with Gasteiger partial charge in [-0.2, -0.15) is 0 Å². The second-order valence-electron chi connectivity index (χ2n) is 3.87. The summed E-state index contributed by atoms with van der Waals surface area (Å²) in [6.07, 6.45) is 0. The molecule has 0 saturated carbocycles. The molecule has 0 radical (unpaired) electrons. The van der Waals surface area contributed by atoms with Crippen LogP contribution in [-0.2, 0) is 0 Å². The number of anilines is 1. The lowest BCUT2D eigenvalue weighted by atomic mass is 10.2. The van der Waals surface area contributed by atoms with E-state index in [1.807, 2.05) is 11.3 Å². The third kappa shape index (κ3) is 1.62. The third-order valence-corrected chi connectivity index (χ3v) is 3.97. The zero-order chi connectivity index (χ0) is 10.1. The number of fused-ring (bicyclic) bond motifs is 1. The van der Waals surface area contributed by atoms with Crippen LogP contribution in [0.4, 0.5) is 5.00 Å². The van der Waals surface area contributed by atoms with Crippen molar-refractivity contribution < 1.29 is 0 Å². The zero-order valence-corrected chi connectivity index (χ0v) is 9.39. The molecule has 3 heteroatoms. The summed E-state index contributed by atoms with van der Waals surface area (Å²) in [4.78, 5) is 2.49. The van der Waals surface area contributed by atoms with E-state index in [0.29, 0.717) is 0 Å². The summed E-state index contributed by atoms with van der Waals surface area (Å²) in [5, 5.41) is 9.86. The minimum absolute atomic E-state index is 1.10. The molecule has 2 heterocycles. The highest BCUT2D eigenvalue weighted by Crippen LogP contribution is 2.33. The lowest BCUT2D eigenvalue weighted by molar-refractivity contribution is 0.593. The molecule has 1 aliphatic heterocycles. The SMILES string of the molecule is c1ccc2c(N3CCNCC3)scc2c1. The summed E-state index contributed by atoms with van der Waals surface area (Å²) < 4.78 is 0. The first kappa shape index (κ1) is 9.19. The monoisotopic (exact) mass is 218 g/mol. The number of nitrogens with zero attached hydrogens (tertiary/aromatic N) is 1. The fraction of sp³-hybridized carbons (Fsp3) is 0.333. The van der Waals surface area contributed by atoms with Gasteiger partial charge in [0.2, 0.25) is 0 Å². The molecule has 0 aliphatic carbocycles. The fourth-order valence-electron chi connectivity index (χ4n) is 2.09. The molecule has 2 nitrogen and oxygen atoms in total. The van der Waals surface area contributed by atoms with Crippen LogP contribution in [0.3, 0.4) is 0 Å². The van der Waals surface area contributed by atoms with Gasteiger partial charge in [0.05, 0.1) is 5.00 Å². The van der Waals surface area contributed by atoms with Gasteiger partial charge in [-0.25, -0.2) is 0 Å². The van der Waals surface area contributed by atoms with Crippen molar-refractivity contribution in [1.82, 2.24) is 5.32 Å². The molecule has 3 rings (SSSR count). The molecule has 0 amide bonds. The first-order chi connectivity index (χ1) is 7.45. The van der Waals surface area contributed by atoms with Gasteiger partial charge >= 0.3 is 0 Å². The van der Waals surface area contributed by atoms with Gasteiger partial charge in [0.15, 0.2) is 0 Å². The number of hydrogen-bond donors (Lipinski definition) is 1. The molecular formula is C12H14N2S. The Morgan fingerprint density at radius 1 is 1.13 bits per heavy atom. The predicted molar refractivity (Wildman–Crippen MR) is 66.9 cm³/mol. The number of rotatable bonds is 1. The molecule has 15 heavy (non-hydrogen) atoms. The van der Waals surface area contributed by atoms with Crippen molar-refractivity contribution in [2.45, 2.75) is 0 Å². The number of hydrogen-bond acceptors (Lipinski definition) is 3. The van der Waals surface area contributed by atoms with E-state index in [4.69, 9.17) is 0 Å². The van der Waals surface area contributed by atoms with Gasteiger partial charge in [-0.05, 0) is 5.39 Å². The summed E-state index contributed by atoms with van der Waals surface area (Å²) in [7, 11) is 0. The summed E-state index contributed by atoms with van der Waals surface area (Å²) >= 11 is 1.87. The van der Waals surface area contributed by atoms with Gasteiger partial charge in [0, 0.05) is 36.9 Å². The molecule has 1 aromatic carbocycles. The fourth-order valence-corrected chi connectivity index (χ4v) is 3.18. The van der Waals surface area contributed by atoms with Gasteiger partial charge in [-0.1, -0.05) is 24.3 Å². The van der Waals surface area contributed by atoms with E-state index in [-0.39, 0.29) is 0 Å². The van der Waals surface area contributed by atoms with Crippen molar-refractivity contribution in [3.8, 4) is 0 Å². The molecule has 1 saturated heterocycles. The van der Waals surface area contributed by atoms with E-state index >= 15 is 0 Å². The number of thiophene rings is 1. The van der Waals surface area contributed by atoms with Crippen molar-refractivity contribution in [2.75, 3.05) is 31.1 Å². The van der Waals surface area contributed by atoms with Crippen LogP contribution in [0.1, 0.15) is 0 Å². The van der Waals surface area contributed by atoms with E-state index in [2.05, 4.69) is 39.9 Å². The molecule has 1 N–H and O–H groups in total. The first-order valence-corrected chi connectivity index (χ1v) is 6.25. The topological polar surface area (TPSA) is 15.3 Å². The summed E-state index contributed by atoms with van der Waals surface area (Å²) in [5.74, 6) is 0.